The third-order valence-corrected chi connectivity index (χ3v) is 6.58. The summed E-state index contributed by atoms with van der Waals surface area (Å²) >= 11 is 0. The van der Waals surface area contributed by atoms with E-state index in [1.807, 2.05) is 56.0 Å². The van der Waals surface area contributed by atoms with E-state index in [2.05, 4.69) is 5.32 Å². The summed E-state index contributed by atoms with van der Waals surface area (Å²) < 4.78 is 17.6. The second kappa shape index (κ2) is 11.3. The monoisotopic (exact) mass is 490 g/mol. The number of carbonyl (C=O) groups is 2. The predicted octanol–water partition coefficient (Wildman–Crippen LogP) is 5.35. The van der Waals surface area contributed by atoms with Crippen molar-refractivity contribution in [2.24, 2.45) is 0 Å². The van der Waals surface area contributed by atoms with E-state index in [0.717, 1.165) is 63.9 Å². The van der Waals surface area contributed by atoms with Crippen molar-refractivity contribution in [1.29, 1.82) is 0 Å². The van der Waals surface area contributed by atoms with Gasteiger partial charge in [0, 0.05) is 59.8 Å². The number of fused-ring (bicyclic) bond motifs is 1. The first-order valence-corrected chi connectivity index (χ1v) is 12.5. The van der Waals surface area contributed by atoms with Crippen LogP contribution >= 0.6 is 0 Å². The Balaban J connectivity index is 1.60. The molecule has 36 heavy (non-hydrogen) atoms. The van der Waals surface area contributed by atoms with Gasteiger partial charge in [0.25, 0.3) is 0 Å². The molecule has 2 aromatic carbocycles. The number of allylic oxidation sites excluding steroid dienone is 1. The van der Waals surface area contributed by atoms with E-state index < -0.39 is 0 Å². The molecule has 3 aromatic rings. The van der Waals surface area contributed by atoms with E-state index in [9.17, 15) is 9.59 Å². The van der Waals surface area contributed by atoms with Crippen molar-refractivity contribution in [2.75, 3.05) is 33.4 Å². The quantitative estimate of drug-likeness (QED) is 0.306. The Labute approximate surface area is 212 Å². The minimum absolute atomic E-state index is 0.169. The lowest BCUT2D eigenvalue weighted by atomic mass is 9.96. The highest BCUT2D eigenvalue weighted by atomic mass is 16.5. The molecule has 7 heteroatoms. The Morgan fingerprint density at radius 2 is 2.06 bits per heavy atom. The lowest BCUT2D eigenvalue weighted by Gasteiger charge is -2.16. The summed E-state index contributed by atoms with van der Waals surface area (Å²) in [5.41, 5.74) is 5.12. The fourth-order valence-electron chi connectivity index (χ4n) is 4.76. The number of nitrogens with one attached hydrogen (secondary N) is 1. The Bertz CT molecular complexity index is 1290. The van der Waals surface area contributed by atoms with Gasteiger partial charge in [0.05, 0.1) is 20.0 Å². The van der Waals surface area contributed by atoms with Crippen LogP contribution in [0.2, 0.25) is 0 Å². The highest BCUT2D eigenvalue weighted by molar-refractivity contribution is 6.02. The van der Waals surface area contributed by atoms with Gasteiger partial charge in [-0.25, -0.2) is 0 Å². The molecule has 1 aliphatic heterocycles. The molecular formula is C29H34N2O5. The van der Waals surface area contributed by atoms with Crippen LogP contribution in [0.5, 0.6) is 11.5 Å². The summed E-state index contributed by atoms with van der Waals surface area (Å²) in [6, 6.07) is 9.85. The number of rotatable bonds is 10. The van der Waals surface area contributed by atoms with Gasteiger partial charge in [-0.1, -0.05) is 18.2 Å². The summed E-state index contributed by atoms with van der Waals surface area (Å²) in [4.78, 5) is 26.3. The molecule has 0 bridgehead atoms. The van der Waals surface area contributed by atoms with Gasteiger partial charge in [-0.15, -0.1) is 0 Å². The van der Waals surface area contributed by atoms with Gasteiger partial charge in [-0.2, -0.15) is 0 Å². The zero-order chi connectivity index (χ0) is 25.7. The fourth-order valence-corrected chi connectivity index (χ4v) is 4.76. The van der Waals surface area contributed by atoms with Gasteiger partial charge in [0.15, 0.2) is 0 Å². The van der Waals surface area contributed by atoms with Gasteiger partial charge in [0.1, 0.15) is 17.1 Å². The molecule has 1 aliphatic rings. The number of amides is 2. The number of benzene rings is 2. The lowest BCUT2D eigenvalue weighted by molar-refractivity contribution is -0.127. The van der Waals surface area contributed by atoms with E-state index >= 15 is 0 Å². The SMILES string of the molecule is CCOc1c(/C(C)=C/C(=O)NCCCN2CCCC2=O)cc2c(-c3ccccc3OC)coc2c1C. The molecule has 1 N–H and O–H groups in total. The second-order valence-corrected chi connectivity index (χ2v) is 8.99. The predicted molar refractivity (Wildman–Crippen MR) is 141 cm³/mol. The third-order valence-electron chi connectivity index (χ3n) is 6.58. The van der Waals surface area contributed by atoms with Crippen molar-refractivity contribution in [3.63, 3.8) is 0 Å². The minimum atomic E-state index is -0.169. The van der Waals surface area contributed by atoms with Crippen molar-refractivity contribution in [2.45, 2.75) is 40.0 Å². The van der Waals surface area contributed by atoms with E-state index in [4.69, 9.17) is 13.9 Å². The molecule has 190 valence electrons. The van der Waals surface area contributed by atoms with Crippen molar-refractivity contribution < 1.29 is 23.5 Å². The highest BCUT2D eigenvalue weighted by Crippen LogP contribution is 2.42. The van der Waals surface area contributed by atoms with Crippen LogP contribution in [-0.2, 0) is 9.59 Å². The third kappa shape index (κ3) is 5.25. The molecule has 0 atom stereocenters. The molecule has 1 aromatic heterocycles. The summed E-state index contributed by atoms with van der Waals surface area (Å²) in [6.45, 7) is 8.33. The molecule has 2 amide bonds. The molecule has 1 saturated heterocycles. The molecular weight excluding hydrogens is 456 g/mol. The molecule has 4 rings (SSSR count). The first-order valence-electron chi connectivity index (χ1n) is 12.5. The summed E-state index contributed by atoms with van der Waals surface area (Å²) in [7, 11) is 1.65. The van der Waals surface area contributed by atoms with Crippen LogP contribution in [0, 0.1) is 6.92 Å². The van der Waals surface area contributed by atoms with E-state index in [-0.39, 0.29) is 11.8 Å². The van der Waals surface area contributed by atoms with Crippen LogP contribution < -0.4 is 14.8 Å². The number of hydrogen-bond donors (Lipinski definition) is 1. The molecule has 2 heterocycles. The Morgan fingerprint density at radius 3 is 2.78 bits per heavy atom. The van der Waals surface area contributed by atoms with Gasteiger partial charge < -0.3 is 24.1 Å². The molecule has 0 spiro atoms. The van der Waals surface area contributed by atoms with Crippen LogP contribution in [0.25, 0.3) is 27.7 Å². The number of para-hydroxylation sites is 1. The van der Waals surface area contributed by atoms with Crippen LogP contribution in [0.15, 0.2) is 47.1 Å². The van der Waals surface area contributed by atoms with Gasteiger partial charge >= 0.3 is 0 Å². The molecule has 7 nitrogen and oxygen atoms in total. The van der Waals surface area contributed by atoms with Crippen LogP contribution in [0.3, 0.4) is 0 Å². The Kier molecular flexibility index (Phi) is 7.98. The Hall–Kier alpha value is -3.74. The van der Waals surface area contributed by atoms with Gasteiger partial charge in [0.2, 0.25) is 11.8 Å². The second-order valence-electron chi connectivity index (χ2n) is 8.99. The molecule has 0 unspecified atom stereocenters. The first-order chi connectivity index (χ1) is 17.4. The van der Waals surface area contributed by atoms with Gasteiger partial charge in [-0.05, 0) is 51.3 Å². The minimum Gasteiger partial charge on any atom is -0.496 e. The molecule has 0 radical (unpaired) electrons. The summed E-state index contributed by atoms with van der Waals surface area (Å²) in [5, 5.41) is 3.87. The number of ether oxygens (including phenoxy) is 2. The largest absolute Gasteiger partial charge is 0.496 e. The van der Waals surface area contributed by atoms with Crippen molar-refractivity contribution in [3.8, 4) is 22.6 Å². The van der Waals surface area contributed by atoms with E-state index in [1.165, 1.54) is 0 Å². The first kappa shape index (κ1) is 25.4. The maximum atomic E-state index is 12.7. The van der Waals surface area contributed by atoms with Gasteiger partial charge in [-0.3, -0.25) is 9.59 Å². The maximum Gasteiger partial charge on any atom is 0.244 e. The number of aryl methyl sites for hydroxylation is 1. The van der Waals surface area contributed by atoms with Crippen LogP contribution in [-0.4, -0.2) is 50.1 Å². The number of likely N-dealkylation sites (tertiary alicyclic amines) is 1. The number of furan rings is 1. The fraction of sp³-hybridized carbons (Fsp3) is 0.379. The van der Waals surface area contributed by atoms with E-state index in [1.54, 1.807) is 19.4 Å². The summed E-state index contributed by atoms with van der Waals surface area (Å²) in [5.74, 6) is 1.51. The topological polar surface area (TPSA) is 81.0 Å². The average Bonchev–Trinajstić information content (AvgIpc) is 3.49. The smallest absolute Gasteiger partial charge is 0.244 e. The zero-order valence-corrected chi connectivity index (χ0v) is 21.5. The summed E-state index contributed by atoms with van der Waals surface area (Å²) in [6.07, 6.45) is 5.64. The molecule has 1 fully saturated rings. The standard InChI is InChI=1S/C29H34N2O5/c1-5-35-28-20(3)29-23(24(18-36-29)21-10-6-7-11-25(21)34-4)17-22(28)19(2)16-26(32)30-13-9-15-31-14-8-12-27(31)33/h6-7,10-11,16-18H,5,8-9,12-15H2,1-4H3,(H,30,32)/b19-16+. The van der Waals surface area contributed by atoms with Crippen LogP contribution in [0.4, 0.5) is 0 Å². The number of methoxy groups -OCH3 is 1. The van der Waals surface area contributed by atoms with Crippen molar-refractivity contribution in [1.82, 2.24) is 10.2 Å². The average molecular weight is 491 g/mol. The number of nitrogens with zero attached hydrogens (tertiary/aromatic N) is 1. The number of hydrogen-bond acceptors (Lipinski definition) is 5. The zero-order valence-electron chi connectivity index (χ0n) is 21.5. The van der Waals surface area contributed by atoms with Crippen LogP contribution in [0.1, 0.15) is 44.2 Å². The number of carbonyl (C=O) groups excluding carboxylic acids is 2. The maximum absolute atomic E-state index is 12.7. The molecule has 0 aliphatic carbocycles. The molecule has 0 saturated carbocycles. The lowest BCUT2D eigenvalue weighted by Crippen LogP contribution is -2.30. The normalized spacial score (nSPS) is 13.9. The Morgan fingerprint density at radius 1 is 1.25 bits per heavy atom. The highest BCUT2D eigenvalue weighted by Gasteiger charge is 2.21. The van der Waals surface area contributed by atoms with Crippen molar-refractivity contribution in [3.05, 3.63) is 53.8 Å². The van der Waals surface area contributed by atoms with E-state index in [0.29, 0.717) is 31.9 Å². The van der Waals surface area contributed by atoms with Crippen molar-refractivity contribution >= 4 is 28.4 Å².